The maximum Gasteiger partial charge on any atom is 0.191 e. The van der Waals surface area contributed by atoms with Crippen molar-refractivity contribution in [2.75, 3.05) is 13.1 Å². The number of benzene rings is 1. The number of aryl methyl sites for hydroxylation is 3. The maximum absolute atomic E-state index is 6.10. The fourth-order valence-electron chi connectivity index (χ4n) is 3.27. The van der Waals surface area contributed by atoms with E-state index in [1.807, 2.05) is 19.1 Å². The van der Waals surface area contributed by atoms with Crippen LogP contribution in [-0.4, -0.2) is 34.9 Å². The minimum atomic E-state index is 0.433. The van der Waals surface area contributed by atoms with Gasteiger partial charge in [0.2, 0.25) is 0 Å². The van der Waals surface area contributed by atoms with Gasteiger partial charge in [-0.15, -0.1) is 0 Å². The van der Waals surface area contributed by atoms with E-state index in [0.717, 1.165) is 49.2 Å². The second-order valence-electron chi connectivity index (χ2n) is 6.91. The zero-order chi connectivity index (χ0) is 18.5. The molecule has 6 heteroatoms. The molecular formula is C20H28ClN5. The van der Waals surface area contributed by atoms with Crippen molar-refractivity contribution in [1.82, 2.24) is 20.4 Å². The SMILES string of the molecule is CCNC(=NCCCn1nc(C)cc1C)NC1CC1c1cccc(Cl)c1. The van der Waals surface area contributed by atoms with Gasteiger partial charge in [0.05, 0.1) is 5.69 Å². The summed E-state index contributed by atoms with van der Waals surface area (Å²) in [7, 11) is 0. The standard InChI is InChI=1S/C20H28ClN5/c1-4-22-20(23-9-6-10-26-15(3)11-14(2)25-26)24-19-13-18(19)16-7-5-8-17(21)12-16/h5,7-8,11-12,18-19H,4,6,9-10,13H2,1-3H3,(H2,22,23,24). The van der Waals surface area contributed by atoms with Crippen molar-refractivity contribution in [2.24, 2.45) is 4.99 Å². The van der Waals surface area contributed by atoms with Gasteiger partial charge in [-0.25, -0.2) is 0 Å². The van der Waals surface area contributed by atoms with Crippen molar-refractivity contribution >= 4 is 17.6 Å². The molecule has 0 saturated heterocycles. The van der Waals surface area contributed by atoms with Gasteiger partial charge in [0.1, 0.15) is 0 Å². The first kappa shape index (κ1) is 18.8. The topological polar surface area (TPSA) is 54.2 Å². The van der Waals surface area contributed by atoms with Crippen LogP contribution in [0.5, 0.6) is 0 Å². The van der Waals surface area contributed by atoms with Crippen molar-refractivity contribution < 1.29 is 0 Å². The molecule has 2 atom stereocenters. The lowest BCUT2D eigenvalue weighted by Crippen LogP contribution is -2.39. The number of aliphatic imine (C=N–C) groups is 1. The highest BCUT2D eigenvalue weighted by Gasteiger charge is 2.39. The van der Waals surface area contributed by atoms with E-state index in [9.17, 15) is 0 Å². The molecule has 2 unspecified atom stereocenters. The van der Waals surface area contributed by atoms with Gasteiger partial charge in [0, 0.05) is 42.3 Å². The average molecular weight is 374 g/mol. The van der Waals surface area contributed by atoms with Crippen LogP contribution in [-0.2, 0) is 6.54 Å². The maximum atomic E-state index is 6.10. The molecule has 26 heavy (non-hydrogen) atoms. The monoisotopic (exact) mass is 373 g/mol. The molecular weight excluding hydrogens is 346 g/mol. The third-order valence-electron chi connectivity index (χ3n) is 4.63. The van der Waals surface area contributed by atoms with E-state index in [1.165, 1.54) is 11.3 Å². The normalized spacial score (nSPS) is 19.5. The van der Waals surface area contributed by atoms with E-state index in [-0.39, 0.29) is 0 Å². The number of nitrogens with one attached hydrogen (secondary N) is 2. The highest BCUT2D eigenvalue weighted by atomic mass is 35.5. The fourth-order valence-corrected chi connectivity index (χ4v) is 3.47. The van der Waals surface area contributed by atoms with Gasteiger partial charge in [-0.1, -0.05) is 23.7 Å². The predicted octanol–water partition coefficient (Wildman–Crippen LogP) is 3.65. The van der Waals surface area contributed by atoms with E-state index >= 15 is 0 Å². The van der Waals surface area contributed by atoms with Crippen LogP contribution in [0.3, 0.4) is 0 Å². The summed E-state index contributed by atoms with van der Waals surface area (Å²) < 4.78 is 2.06. The van der Waals surface area contributed by atoms with Crippen molar-refractivity contribution in [3.8, 4) is 0 Å². The third kappa shape index (κ3) is 5.01. The van der Waals surface area contributed by atoms with Crippen LogP contribution in [0.25, 0.3) is 0 Å². The van der Waals surface area contributed by atoms with Gasteiger partial charge in [0.25, 0.3) is 0 Å². The van der Waals surface area contributed by atoms with Gasteiger partial charge in [0.15, 0.2) is 5.96 Å². The van der Waals surface area contributed by atoms with Gasteiger partial charge in [-0.05, 0) is 57.4 Å². The molecule has 1 aromatic heterocycles. The first-order valence-corrected chi connectivity index (χ1v) is 9.76. The number of nitrogens with zero attached hydrogens (tertiary/aromatic N) is 3. The van der Waals surface area contributed by atoms with Gasteiger partial charge >= 0.3 is 0 Å². The summed E-state index contributed by atoms with van der Waals surface area (Å²) >= 11 is 6.10. The molecule has 0 spiro atoms. The molecule has 140 valence electrons. The molecule has 1 aliphatic rings. The molecule has 0 bridgehead atoms. The smallest absolute Gasteiger partial charge is 0.191 e. The quantitative estimate of drug-likeness (QED) is 0.442. The lowest BCUT2D eigenvalue weighted by molar-refractivity contribution is 0.567. The predicted molar refractivity (Wildman–Crippen MR) is 108 cm³/mol. The fraction of sp³-hybridized carbons (Fsp3) is 0.500. The van der Waals surface area contributed by atoms with Crippen molar-refractivity contribution in [3.63, 3.8) is 0 Å². The van der Waals surface area contributed by atoms with E-state index < -0.39 is 0 Å². The first-order valence-electron chi connectivity index (χ1n) is 9.38. The Morgan fingerprint density at radius 1 is 1.35 bits per heavy atom. The van der Waals surface area contributed by atoms with E-state index in [2.05, 4.69) is 52.5 Å². The Hall–Kier alpha value is -2.01. The lowest BCUT2D eigenvalue weighted by atomic mass is 10.1. The largest absolute Gasteiger partial charge is 0.357 e. The zero-order valence-corrected chi connectivity index (χ0v) is 16.6. The van der Waals surface area contributed by atoms with Crippen LogP contribution in [0.15, 0.2) is 35.3 Å². The number of rotatable bonds is 7. The first-order chi connectivity index (χ1) is 12.6. The number of guanidine groups is 1. The average Bonchev–Trinajstić information content (AvgIpc) is 3.29. The Morgan fingerprint density at radius 2 is 2.19 bits per heavy atom. The van der Waals surface area contributed by atoms with Crippen LogP contribution in [0.1, 0.15) is 42.6 Å². The molecule has 5 nitrogen and oxygen atoms in total. The Kier molecular flexibility index (Phi) is 6.20. The molecule has 1 heterocycles. The molecule has 1 aromatic carbocycles. The highest BCUT2D eigenvalue weighted by molar-refractivity contribution is 6.30. The van der Waals surface area contributed by atoms with Crippen molar-refractivity contribution in [1.29, 1.82) is 0 Å². The molecule has 2 N–H and O–H groups in total. The van der Waals surface area contributed by atoms with Crippen molar-refractivity contribution in [3.05, 3.63) is 52.3 Å². The highest BCUT2D eigenvalue weighted by Crippen LogP contribution is 2.41. The lowest BCUT2D eigenvalue weighted by Gasteiger charge is -2.11. The Bertz CT molecular complexity index is 767. The zero-order valence-electron chi connectivity index (χ0n) is 15.8. The Balaban J connectivity index is 1.49. The second-order valence-corrected chi connectivity index (χ2v) is 7.35. The van der Waals surface area contributed by atoms with E-state index in [4.69, 9.17) is 16.6 Å². The molecule has 0 aliphatic heterocycles. The molecule has 0 radical (unpaired) electrons. The van der Waals surface area contributed by atoms with Gasteiger partial charge in [-0.3, -0.25) is 9.67 Å². The summed E-state index contributed by atoms with van der Waals surface area (Å²) in [5, 5.41) is 12.2. The van der Waals surface area contributed by atoms with Crippen molar-refractivity contribution in [2.45, 2.75) is 52.1 Å². The number of hydrogen-bond acceptors (Lipinski definition) is 2. The summed E-state index contributed by atoms with van der Waals surface area (Å²) in [6, 6.07) is 10.7. The van der Waals surface area contributed by atoms with E-state index in [0.29, 0.717) is 12.0 Å². The summed E-state index contributed by atoms with van der Waals surface area (Å²) in [6.45, 7) is 8.75. The Labute approximate surface area is 160 Å². The molecule has 2 aromatic rings. The molecule has 1 aliphatic carbocycles. The van der Waals surface area contributed by atoms with E-state index in [1.54, 1.807) is 0 Å². The molecule has 3 rings (SSSR count). The van der Waals surface area contributed by atoms with Crippen LogP contribution in [0.2, 0.25) is 5.02 Å². The van der Waals surface area contributed by atoms with Crippen LogP contribution >= 0.6 is 11.6 Å². The minimum absolute atomic E-state index is 0.433. The molecule has 0 amide bonds. The van der Waals surface area contributed by atoms with Crippen LogP contribution < -0.4 is 10.6 Å². The van der Waals surface area contributed by atoms with Gasteiger partial charge in [-0.2, -0.15) is 5.10 Å². The Morgan fingerprint density at radius 3 is 2.88 bits per heavy atom. The number of halogens is 1. The molecule has 1 fully saturated rings. The third-order valence-corrected chi connectivity index (χ3v) is 4.87. The van der Waals surface area contributed by atoms with Crippen LogP contribution in [0.4, 0.5) is 0 Å². The number of hydrogen-bond donors (Lipinski definition) is 2. The molecule has 1 saturated carbocycles. The van der Waals surface area contributed by atoms with Gasteiger partial charge < -0.3 is 10.6 Å². The summed E-state index contributed by atoms with van der Waals surface area (Å²) in [5.41, 5.74) is 3.58. The summed E-state index contributed by atoms with van der Waals surface area (Å²) in [5.74, 6) is 1.42. The summed E-state index contributed by atoms with van der Waals surface area (Å²) in [6.07, 6.45) is 2.09. The minimum Gasteiger partial charge on any atom is -0.357 e. The van der Waals surface area contributed by atoms with Crippen LogP contribution in [0, 0.1) is 13.8 Å². The second kappa shape index (κ2) is 8.58. The number of aromatic nitrogens is 2. The summed E-state index contributed by atoms with van der Waals surface area (Å²) in [4.78, 5) is 4.72.